The number of rotatable bonds is 3. The molecule has 0 rings (SSSR count). The van der Waals surface area contributed by atoms with E-state index in [9.17, 15) is 4.79 Å². The fraction of sp³-hybridized carbons (Fsp3) is 0.600. The van der Waals surface area contributed by atoms with Crippen LogP contribution in [0.5, 0.6) is 0 Å². The van der Waals surface area contributed by atoms with E-state index < -0.39 is 5.97 Å². The summed E-state index contributed by atoms with van der Waals surface area (Å²) >= 11 is 0. The SMILES string of the molecule is COC(=O)CN(N)CC#N. The zero-order chi connectivity index (χ0) is 7.98. The second-order valence-electron chi connectivity index (χ2n) is 1.64. The molecule has 0 amide bonds. The number of methoxy groups -OCH3 is 1. The molecule has 0 aliphatic heterocycles. The molecule has 0 aromatic carbocycles. The molecule has 0 aromatic heterocycles. The number of ether oxygens (including phenoxy) is 1. The zero-order valence-electron chi connectivity index (χ0n) is 5.70. The van der Waals surface area contributed by atoms with E-state index in [1.54, 1.807) is 6.07 Å². The summed E-state index contributed by atoms with van der Waals surface area (Å²) in [5.74, 6) is 4.72. The van der Waals surface area contributed by atoms with Crippen molar-refractivity contribution >= 4 is 5.97 Å². The first-order valence-electron chi connectivity index (χ1n) is 2.64. The largest absolute Gasteiger partial charge is 0.468 e. The third kappa shape index (κ3) is 3.83. The Morgan fingerprint density at radius 2 is 2.50 bits per heavy atom. The molecule has 2 N–H and O–H groups in total. The molecule has 0 bridgehead atoms. The van der Waals surface area contributed by atoms with Gasteiger partial charge in [0, 0.05) is 0 Å². The number of hydrogen-bond acceptors (Lipinski definition) is 5. The molecule has 5 nitrogen and oxygen atoms in total. The highest BCUT2D eigenvalue weighted by atomic mass is 16.5. The molecule has 0 aromatic rings. The van der Waals surface area contributed by atoms with E-state index in [0.29, 0.717) is 0 Å². The maximum absolute atomic E-state index is 10.4. The molecule has 10 heavy (non-hydrogen) atoms. The highest BCUT2D eigenvalue weighted by Crippen LogP contribution is 1.78. The van der Waals surface area contributed by atoms with Crippen LogP contribution in [0.1, 0.15) is 0 Å². The molecule has 0 spiro atoms. The minimum Gasteiger partial charge on any atom is -0.468 e. The first kappa shape index (κ1) is 8.88. The van der Waals surface area contributed by atoms with Gasteiger partial charge in [-0.2, -0.15) is 5.26 Å². The van der Waals surface area contributed by atoms with E-state index in [-0.39, 0.29) is 13.1 Å². The molecule has 0 unspecified atom stereocenters. The number of hydrazine groups is 1. The van der Waals surface area contributed by atoms with Gasteiger partial charge in [0.1, 0.15) is 13.1 Å². The highest BCUT2D eigenvalue weighted by Gasteiger charge is 2.04. The van der Waals surface area contributed by atoms with Gasteiger partial charge in [0.25, 0.3) is 0 Å². The lowest BCUT2D eigenvalue weighted by atomic mass is 10.6. The molecular weight excluding hydrogens is 134 g/mol. The highest BCUT2D eigenvalue weighted by molar-refractivity contribution is 5.71. The van der Waals surface area contributed by atoms with E-state index >= 15 is 0 Å². The van der Waals surface area contributed by atoms with Crippen molar-refractivity contribution < 1.29 is 9.53 Å². The Balaban J connectivity index is 3.49. The second kappa shape index (κ2) is 4.73. The van der Waals surface area contributed by atoms with Gasteiger partial charge in [-0.05, 0) is 0 Å². The Labute approximate surface area is 58.9 Å². The first-order valence-corrected chi connectivity index (χ1v) is 2.64. The first-order chi connectivity index (χ1) is 4.70. The van der Waals surface area contributed by atoms with E-state index in [2.05, 4.69) is 4.74 Å². The van der Waals surface area contributed by atoms with E-state index in [1.807, 2.05) is 0 Å². The number of esters is 1. The van der Waals surface area contributed by atoms with Crippen molar-refractivity contribution in [1.82, 2.24) is 5.01 Å². The van der Waals surface area contributed by atoms with Crippen molar-refractivity contribution in [1.29, 1.82) is 5.26 Å². The number of hydrogen-bond donors (Lipinski definition) is 1. The summed E-state index contributed by atoms with van der Waals surface area (Å²) in [5, 5.41) is 9.17. The van der Waals surface area contributed by atoms with Crippen LogP contribution < -0.4 is 5.84 Å². The van der Waals surface area contributed by atoms with Crippen LogP contribution in [0.25, 0.3) is 0 Å². The van der Waals surface area contributed by atoms with Gasteiger partial charge in [0.15, 0.2) is 0 Å². The number of nitriles is 1. The Bertz CT molecular complexity index is 151. The Morgan fingerprint density at radius 1 is 1.90 bits per heavy atom. The third-order valence-corrected chi connectivity index (χ3v) is 0.834. The minimum atomic E-state index is -0.447. The van der Waals surface area contributed by atoms with Gasteiger partial charge in [-0.1, -0.05) is 0 Å². The van der Waals surface area contributed by atoms with Crippen molar-refractivity contribution in [3.8, 4) is 6.07 Å². The van der Waals surface area contributed by atoms with Gasteiger partial charge in [0.05, 0.1) is 13.2 Å². The lowest BCUT2D eigenvalue weighted by molar-refractivity contribution is -0.141. The van der Waals surface area contributed by atoms with Crippen molar-refractivity contribution in [2.45, 2.75) is 0 Å². The number of carbonyl (C=O) groups is 1. The Hall–Kier alpha value is -1.12. The van der Waals surface area contributed by atoms with Gasteiger partial charge in [-0.25, -0.2) is 5.01 Å². The minimum absolute atomic E-state index is 0.0229. The predicted molar refractivity (Wildman–Crippen MR) is 33.4 cm³/mol. The van der Waals surface area contributed by atoms with Gasteiger partial charge in [-0.15, -0.1) is 0 Å². The van der Waals surface area contributed by atoms with E-state index in [1.165, 1.54) is 7.11 Å². The van der Waals surface area contributed by atoms with Crippen LogP contribution in [-0.2, 0) is 9.53 Å². The number of nitrogens with zero attached hydrogens (tertiary/aromatic N) is 2. The fourth-order valence-electron chi connectivity index (χ4n) is 0.377. The third-order valence-electron chi connectivity index (χ3n) is 0.834. The van der Waals surface area contributed by atoms with Crippen molar-refractivity contribution in [2.75, 3.05) is 20.2 Å². The van der Waals surface area contributed by atoms with Gasteiger partial charge < -0.3 is 4.74 Å². The monoisotopic (exact) mass is 143 g/mol. The summed E-state index contributed by atoms with van der Waals surface area (Å²) in [6.45, 7) is -0.0286. The molecule has 0 fully saturated rings. The van der Waals surface area contributed by atoms with Crippen LogP contribution in [0.4, 0.5) is 0 Å². The molecule has 0 aliphatic carbocycles. The van der Waals surface area contributed by atoms with Crippen molar-refractivity contribution in [2.24, 2.45) is 5.84 Å². The summed E-state index contributed by atoms with van der Waals surface area (Å²) < 4.78 is 4.30. The lowest BCUT2D eigenvalue weighted by Crippen LogP contribution is -2.36. The summed E-state index contributed by atoms with van der Waals surface area (Å²) in [7, 11) is 1.27. The average Bonchev–Trinajstić information content (AvgIpc) is 1.88. The molecule has 0 atom stereocenters. The lowest BCUT2D eigenvalue weighted by Gasteiger charge is -2.08. The Kier molecular flexibility index (Phi) is 4.20. The van der Waals surface area contributed by atoms with Crippen LogP contribution in [0.15, 0.2) is 0 Å². The maximum atomic E-state index is 10.4. The van der Waals surface area contributed by atoms with Crippen LogP contribution in [0, 0.1) is 11.3 Å². The Morgan fingerprint density at radius 3 is 2.90 bits per heavy atom. The molecule has 0 radical (unpaired) electrons. The fourth-order valence-corrected chi connectivity index (χ4v) is 0.377. The second-order valence-corrected chi connectivity index (χ2v) is 1.64. The quantitative estimate of drug-likeness (QED) is 0.234. The molecule has 0 heterocycles. The molecule has 5 heteroatoms. The molecule has 0 aliphatic rings. The summed E-state index contributed by atoms with van der Waals surface area (Å²) in [4.78, 5) is 10.4. The zero-order valence-corrected chi connectivity index (χ0v) is 5.70. The smallest absolute Gasteiger partial charge is 0.321 e. The van der Waals surface area contributed by atoms with Crippen molar-refractivity contribution in [3.63, 3.8) is 0 Å². The summed E-state index contributed by atoms with van der Waals surface area (Å²) in [5.41, 5.74) is 0. The standard InChI is InChI=1S/C5H9N3O2/c1-10-5(9)4-8(7)3-2-6/h3-4,7H2,1H3. The summed E-state index contributed by atoms with van der Waals surface area (Å²) in [6.07, 6.45) is 0. The maximum Gasteiger partial charge on any atom is 0.321 e. The molecular formula is C5H9N3O2. The van der Waals surface area contributed by atoms with Gasteiger partial charge in [0.2, 0.25) is 0 Å². The number of carbonyl (C=O) groups excluding carboxylic acids is 1. The van der Waals surface area contributed by atoms with Crippen LogP contribution in [0.3, 0.4) is 0 Å². The molecule has 56 valence electrons. The van der Waals surface area contributed by atoms with Gasteiger partial charge in [-0.3, -0.25) is 10.6 Å². The van der Waals surface area contributed by atoms with Crippen molar-refractivity contribution in [3.05, 3.63) is 0 Å². The van der Waals surface area contributed by atoms with Crippen LogP contribution >= 0.6 is 0 Å². The van der Waals surface area contributed by atoms with Gasteiger partial charge >= 0.3 is 5.97 Å². The average molecular weight is 143 g/mol. The van der Waals surface area contributed by atoms with Crippen LogP contribution in [-0.4, -0.2) is 31.2 Å². The predicted octanol–water partition coefficient (Wildman–Crippen LogP) is -1.14. The normalized spacial score (nSPS) is 9.00. The topological polar surface area (TPSA) is 79.3 Å². The van der Waals surface area contributed by atoms with Crippen LogP contribution in [0.2, 0.25) is 0 Å². The molecule has 0 saturated carbocycles. The summed E-state index contributed by atoms with van der Waals surface area (Å²) in [6, 6.07) is 1.79. The number of nitrogens with two attached hydrogens (primary N) is 1. The van der Waals surface area contributed by atoms with E-state index in [0.717, 1.165) is 5.01 Å². The van der Waals surface area contributed by atoms with E-state index in [4.69, 9.17) is 11.1 Å². The molecule has 0 saturated heterocycles.